The van der Waals surface area contributed by atoms with E-state index in [1.165, 1.54) is 10.4 Å². The van der Waals surface area contributed by atoms with E-state index in [9.17, 15) is 23.4 Å². The van der Waals surface area contributed by atoms with Crippen LogP contribution in [0.15, 0.2) is 29.2 Å². The molecule has 0 aromatic heterocycles. The van der Waals surface area contributed by atoms with Gasteiger partial charge in [-0.1, -0.05) is 25.5 Å². The summed E-state index contributed by atoms with van der Waals surface area (Å²) in [5, 5.41) is 19.8. The molecule has 23 heavy (non-hydrogen) atoms. The molecule has 1 aromatic rings. The molecular weight excluding hydrogens is 318 g/mol. The van der Waals surface area contributed by atoms with Crippen LogP contribution in [0.4, 0.5) is 0 Å². The number of carboxylic acids is 1. The van der Waals surface area contributed by atoms with Gasteiger partial charge in [0.1, 0.15) is 5.41 Å². The Bertz CT molecular complexity index is 687. The van der Waals surface area contributed by atoms with Crippen LogP contribution >= 0.6 is 0 Å². The summed E-state index contributed by atoms with van der Waals surface area (Å²) in [6.07, 6.45) is -0.119. The number of rotatable bonds is 5. The molecular formula is C16H23NO5S. The summed E-state index contributed by atoms with van der Waals surface area (Å²) in [5.74, 6) is -1.14. The van der Waals surface area contributed by atoms with Gasteiger partial charge in [-0.25, -0.2) is 8.42 Å². The number of aliphatic carboxylic acids is 1. The Labute approximate surface area is 136 Å². The molecule has 0 amide bonds. The van der Waals surface area contributed by atoms with Crippen LogP contribution in [0.5, 0.6) is 0 Å². The maximum Gasteiger partial charge on any atom is 0.313 e. The fraction of sp³-hybridized carbons (Fsp3) is 0.562. The number of hydrogen-bond acceptors (Lipinski definition) is 4. The van der Waals surface area contributed by atoms with Crippen molar-refractivity contribution >= 4 is 16.0 Å². The topological polar surface area (TPSA) is 94.9 Å². The average Bonchev–Trinajstić information content (AvgIpc) is 2.49. The standard InChI is InChI=1S/C16H23NO5S/c1-3-8-16(15(19)20)11-17(9-7-14(16)18)23(21,22)13-6-4-5-12(2)10-13/h4-6,10,14,18H,3,7-9,11H2,1-2H3,(H,19,20)/t14-,16-/m0/s1. The van der Waals surface area contributed by atoms with Crippen LogP contribution in [0, 0.1) is 12.3 Å². The molecule has 1 aliphatic heterocycles. The first-order valence-corrected chi connectivity index (χ1v) is 9.16. The molecule has 1 saturated heterocycles. The normalized spacial score (nSPS) is 26.1. The van der Waals surface area contributed by atoms with Gasteiger partial charge in [0.2, 0.25) is 10.0 Å². The minimum atomic E-state index is -3.77. The van der Waals surface area contributed by atoms with E-state index in [1.54, 1.807) is 25.1 Å². The molecule has 2 atom stereocenters. The number of aryl methyl sites for hydroxylation is 1. The van der Waals surface area contributed by atoms with Gasteiger partial charge in [0.25, 0.3) is 0 Å². The Kier molecular flexibility index (Phi) is 5.13. The predicted molar refractivity (Wildman–Crippen MR) is 85.5 cm³/mol. The van der Waals surface area contributed by atoms with Gasteiger partial charge in [0, 0.05) is 13.1 Å². The summed E-state index contributed by atoms with van der Waals surface area (Å²) in [6, 6.07) is 6.55. The second-order valence-corrected chi connectivity index (χ2v) is 8.11. The van der Waals surface area contributed by atoms with Crippen molar-refractivity contribution in [3.8, 4) is 0 Å². The van der Waals surface area contributed by atoms with E-state index in [1.807, 2.05) is 6.92 Å². The number of aliphatic hydroxyl groups is 1. The lowest BCUT2D eigenvalue weighted by Gasteiger charge is -2.42. The molecule has 0 unspecified atom stereocenters. The Balaban J connectivity index is 2.39. The highest BCUT2D eigenvalue weighted by Gasteiger charge is 2.50. The zero-order valence-electron chi connectivity index (χ0n) is 13.4. The third-order valence-electron chi connectivity index (χ3n) is 4.50. The zero-order chi connectivity index (χ0) is 17.3. The quantitative estimate of drug-likeness (QED) is 0.848. The van der Waals surface area contributed by atoms with E-state index < -0.39 is 27.5 Å². The van der Waals surface area contributed by atoms with Crippen molar-refractivity contribution in [2.75, 3.05) is 13.1 Å². The summed E-state index contributed by atoms with van der Waals surface area (Å²) in [5.41, 5.74) is -0.620. The number of nitrogens with zero attached hydrogens (tertiary/aromatic N) is 1. The fourth-order valence-corrected chi connectivity index (χ4v) is 4.81. The van der Waals surface area contributed by atoms with E-state index in [0.717, 1.165) is 5.56 Å². The van der Waals surface area contributed by atoms with Crippen molar-refractivity contribution in [2.24, 2.45) is 5.41 Å². The summed E-state index contributed by atoms with van der Waals surface area (Å²) in [7, 11) is -3.77. The van der Waals surface area contributed by atoms with Gasteiger partial charge in [-0.15, -0.1) is 0 Å². The van der Waals surface area contributed by atoms with Crippen molar-refractivity contribution in [1.82, 2.24) is 4.31 Å². The molecule has 0 saturated carbocycles. The van der Waals surface area contributed by atoms with Crippen molar-refractivity contribution in [3.05, 3.63) is 29.8 Å². The highest BCUT2D eigenvalue weighted by atomic mass is 32.2. The molecule has 0 spiro atoms. The molecule has 1 aromatic carbocycles. The minimum Gasteiger partial charge on any atom is -0.481 e. The third-order valence-corrected chi connectivity index (χ3v) is 6.34. The van der Waals surface area contributed by atoms with Gasteiger partial charge in [-0.3, -0.25) is 4.79 Å². The van der Waals surface area contributed by atoms with Crippen LogP contribution in [0.2, 0.25) is 0 Å². The van der Waals surface area contributed by atoms with Gasteiger partial charge in [0.05, 0.1) is 11.0 Å². The highest BCUT2D eigenvalue weighted by molar-refractivity contribution is 7.89. The smallest absolute Gasteiger partial charge is 0.313 e. The Morgan fingerprint density at radius 3 is 2.70 bits per heavy atom. The molecule has 1 aliphatic rings. The van der Waals surface area contributed by atoms with E-state index >= 15 is 0 Å². The van der Waals surface area contributed by atoms with Crippen molar-refractivity contribution < 1.29 is 23.4 Å². The number of carbonyl (C=O) groups is 1. The first-order valence-electron chi connectivity index (χ1n) is 7.72. The first-order chi connectivity index (χ1) is 10.7. The molecule has 6 nitrogen and oxygen atoms in total. The molecule has 1 heterocycles. The number of aliphatic hydroxyl groups excluding tert-OH is 1. The molecule has 0 aliphatic carbocycles. The highest BCUT2D eigenvalue weighted by Crippen LogP contribution is 2.37. The van der Waals surface area contributed by atoms with E-state index in [0.29, 0.717) is 6.42 Å². The van der Waals surface area contributed by atoms with Crippen LogP contribution in [0.25, 0.3) is 0 Å². The first kappa shape index (κ1) is 17.9. The van der Waals surface area contributed by atoms with Gasteiger partial charge in [-0.05, 0) is 37.5 Å². The van der Waals surface area contributed by atoms with Crippen LogP contribution in [-0.2, 0) is 14.8 Å². The summed E-state index contributed by atoms with van der Waals surface area (Å²) in [4.78, 5) is 11.9. The summed E-state index contributed by atoms with van der Waals surface area (Å²) in [6.45, 7) is 3.55. The van der Waals surface area contributed by atoms with Gasteiger partial charge < -0.3 is 10.2 Å². The SMILES string of the molecule is CCC[C@]1(C(=O)O)CN(S(=O)(=O)c2cccc(C)c2)CC[C@@H]1O. The predicted octanol–water partition coefficient (Wildman–Crippen LogP) is 1.62. The van der Waals surface area contributed by atoms with Crippen molar-refractivity contribution in [2.45, 2.75) is 44.1 Å². The second kappa shape index (κ2) is 6.59. The van der Waals surface area contributed by atoms with Crippen molar-refractivity contribution in [1.29, 1.82) is 0 Å². The zero-order valence-corrected chi connectivity index (χ0v) is 14.2. The van der Waals surface area contributed by atoms with E-state index in [4.69, 9.17) is 0 Å². The molecule has 2 rings (SSSR count). The number of sulfonamides is 1. The number of carboxylic acid groups (broad SMARTS) is 1. The largest absolute Gasteiger partial charge is 0.481 e. The lowest BCUT2D eigenvalue weighted by molar-refractivity contribution is -0.161. The molecule has 0 bridgehead atoms. The molecule has 1 fully saturated rings. The van der Waals surface area contributed by atoms with Gasteiger partial charge in [0.15, 0.2) is 0 Å². The second-order valence-electron chi connectivity index (χ2n) is 6.17. The Morgan fingerprint density at radius 2 is 2.13 bits per heavy atom. The Hall–Kier alpha value is -1.44. The minimum absolute atomic E-state index is 0.121. The molecule has 0 radical (unpaired) electrons. The monoisotopic (exact) mass is 341 g/mol. The number of benzene rings is 1. The third kappa shape index (κ3) is 3.27. The number of piperidine rings is 1. The molecule has 7 heteroatoms. The van der Waals surface area contributed by atoms with Gasteiger partial charge >= 0.3 is 5.97 Å². The summed E-state index contributed by atoms with van der Waals surface area (Å²) < 4.78 is 26.8. The molecule has 128 valence electrons. The average molecular weight is 341 g/mol. The maximum absolute atomic E-state index is 12.8. The Morgan fingerprint density at radius 1 is 1.43 bits per heavy atom. The van der Waals surface area contributed by atoms with Crippen LogP contribution in [-0.4, -0.2) is 48.1 Å². The van der Waals surface area contributed by atoms with Crippen molar-refractivity contribution in [3.63, 3.8) is 0 Å². The molecule has 2 N–H and O–H groups in total. The van der Waals surface area contributed by atoms with Crippen LogP contribution < -0.4 is 0 Å². The lowest BCUT2D eigenvalue weighted by Crippen LogP contribution is -2.57. The van der Waals surface area contributed by atoms with E-state index in [2.05, 4.69) is 0 Å². The lowest BCUT2D eigenvalue weighted by atomic mass is 9.74. The van der Waals surface area contributed by atoms with Crippen LogP contribution in [0.3, 0.4) is 0 Å². The van der Waals surface area contributed by atoms with Gasteiger partial charge in [-0.2, -0.15) is 4.31 Å². The number of hydrogen-bond donors (Lipinski definition) is 2. The summed E-state index contributed by atoms with van der Waals surface area (Å²) >= 11 is 0. The van der Waals surface area contributed by atoms with E-state index in [-0.39, 0.29) is 30.8 Å². The fourth-order valence-electron chi connectivity index (χ4n) is 3.18. The maximum atomic E-state index is 12.8. The van der Waals surface area contributed by atoms with Crippen LogP contribution in [0.1, 0.15) is 31.7 Å².